The third kappa shape index (κ3) is 2.92. The highest BCUT2D eigenvalue weighted by Gasteiger charge is 2.04. The van der Waals surface area contributed by atoms with E-state index in [2.05, 4.69) is 9.97 Å². The lowest BCUT2D eigenvalue weighted by molar-refractivity contribution is 0.435. The number of nitrogens with zero attached hydrogens (tertiary/aromatic N) is 3. The number of rotatable bonds is 1. The maximum atomic E-state index is 5.34. The summed E-state index contributed by atoms with van der Waals surface area (Å²) in [6.45, 7) is 3.71. The van der Waals surface area contributed by atoms with Crippen molar-refractivity contribution < 1.29 is 4.74 Å². The molecule has 1 heterocycles. The highest BCUT2D eigenvalue weighted by Crippen LogP contribution is 2.09. The Morgan fingerprint density at radius 1 is 1.36 bits per heavy atom. The second-order valence-corrected chi connectivity index (χ2v) is 3.51. The Labute approximate surface area is 88.9 Å². The van der Waals surface area contributed by atoms with E-state index in [-0.39, 0.29) is 0 Å². The number of aryl methyl sites for hydroxylation is 2. The van der Waals surface area contributed by atoms with Crippen LogP contribution < -0.4 is 4.74 Å². The van der Waals surface area contributed by atoms with Gasteiger partial charge >= 0.3 is 0 Å². The third-order valence-electron chi connectivity index (χ3n) is 1.50. The van der Waals surface area contributed by atoms with E-state index >= 15 is 0 Å². The fraction of sp³-hybridized carbons (Fsp3) is 0.444. The minimum absolute atomic E-state index is 0.391. The van der Waals surface area contributed by atoms with Crippen LogP contribution in [0.1, 0.15) is 11.5 Å². The summed E-state index contributed by atoms with van der Waals surface area (Å²) in [6, 6.07) is 1.75. The van der Waals surface area contributed by atoms with Gasteiger partial charge in [0, 0.05) is 25.9 Å². The summed E-state index contributed by atoms with van der Waals surface area (Å²) < 4.78 is 5.34. The molecule has 0 aromatic carbocycles. The molecule has 0 radical (unpaired) electrons. The lowest BCUT2D eigenvalue weighted by Crippen LogP contribution is -2.25. The van der Waals surface area contributed by atoms with Gasteiger partial charge in [0.1, 0.15) is 5.82 Å². The molecule has 0 N–H and O–H groups in total. The summed E-state index contributed by atoms with van der Waals surface area (Å²) in [5.74, 6) is 1.18. The van der Waals surface area contributed by atoms with Crippen LogP contribution in [0.15, 0.2) is 6.07 Å². The molecule has 0 atom stereocenters. The van der Waals surface area contributed by atoms with E-state index in [1.54, 1.807) is 11.0 Å². The summed E-state index contributed by atoms with van der Waals surface area (Å²) in [4.78, 5) is 9.96. The van der Waals surface area contributed by atoms with Gasteiger partial charge in [-0.1, -0.05) is 0 Å². The van der Waals surface area contributed by atoms with E-state index < -0.39 is 0 Å². The van der Waals surface area contributed by atoms with Crippen molar-refractivity contribution in [3.05, 3.63) is 17.6 Å². The molecule has 76 valence electrons. The van der Waals surface area contributed by atoms with Gasteiger partial charge in [-0.15, -0.1) is 0 Å². The number of hydrogen-bond acceptors (Lipinski definition) is 4. The van der Waals surface area contributed by atoms with E-state index in [0.717, 1.165) is 5.69 Å². The first-order valence-corrected chi connectivity index (χ1v) is 4.61. The first kappa shape index (κ1) is 10.8. The van der Waals surface area contributed by atoms with Gasteiger partial charge in [-0.2, -0.15) is 4.98 Å². The molecule has 0 amide bonds. The Bertz CT molecular complexity index is 332. The maximum absolute atomic E-state index is 5.34. The highest BCUT2D eigenvalue weighted by molar-refractivity contribution is 7.80. The molecule has 1 rings (SSSR count). The van der Waals surface area contributed by atoms with Gasteiger partial charge < -0.3 is 9.64 Å². The Kier molecular flexibility index (Phi) is 3.35. The van der Waals surface area contributed by atoms with Crippen LogP contribution in [0.3, 0.4) is 0 Å². The fourth-order valence-electron chi connectivity index (χ4n) is 0.916. The zero-order valence-electron chi connectivity index (χ0n) is 8.74. The van der Waals surface area contributed by atoms with Gasteiger partial charge in [-0.3, -0.25) is 0 Å². The number of ether oxygens (including phenoxy) is 1. The van der Waals surface area contributed by atoms with Crippen LogP contribution in [0.5, 0.6) is 5.88 Å². The normalized spacial score (nSPS) is 9.71. The van der Waals surface area contributed by atoms with Gasteiger partial charge in [0.25, 0.3) is 5.17 Å². The molecule has 1 aromatic rings. The van der Waals surface area contributed by atoms with E-state index in [1.807, 2.05) is 27.9 Å². The van der Waals surface area contributed by atoms with Crippen LogP contribution in [0.4, 0.5) is 0 Å². The smallest absolute Gasteiger partial charge is 0.265 e. The molecule has 0 aliphatic carbocycles. The van der Waals surface area contributed by atoms with Crippen molar-refractivity contribution in [2.75, 3.05) is 14.1 Å². The van der Waals surface area contributed by atoms with Crippen molar-refractivity contribution in [2.24, 2.45) is 0 Å². The van der Waals surface area contributed by atoms with Gasteiger partial charge in [0.15, 0.2) is 0 Å². The topological polar surface area (TPSA) is 38.2 Å². The van der Waals surface area contributed by atoms with Crippen molar-refractivity contribution in [3.63, 3.8) is 0 Å². The van der Waals surface area contributed by atoms with Gasteiger partial charge in [0.2, 0.25) is 5.88 Å². The molecular weight excluding hydrogens is 198 g/mol. The average molecular weight is 211 g/mol. The molecule has 4 nitrogen and oxygen atoms in total. The van der Waals surface area contributed by atoms with E-state index in [0.29, 0.717) is 16.9 Å². The van der Waals surface area contributed by atoms with Crippen molar-refractivity contribution in [1.82, 2.24) is 14.9 Å². The molecule has 1 aromatic heterocycles. The van der Waals surface area contributed by atoms with Crippen LogP contribution >= 0.6 is 12.2 Å². The summed E-state index contributed by atoms with van der Waals surface area (Å²) >= 11 is 4.99. The summed E-state index contributed by atoms with van der Waals surface area (Å²) in [6.07, 6.45) is 0. The zero-order chi connectivity index (χ0) is 10.7. The second-order valence-electron chi connectivity index (χ2n) is 3.16. The van der Waals surface area contributed by atoms with E-state index in [1.165, 1.54) is 0 Å². The van der Waals surface area contributed by atoms with Crippen LogP contribution in [0.25, 0.3) is 0 Å². The molecule has 0 saturated heterocycles. The molecule has 0 saturated carbocycles. The van der Waals surface area contributed by atoms with Gasteiger partial charge in [-0.25, -0.2) is 4.98 Å². The Hall–Kier alpha value is -1.23. The highest BCUT2D eigenvalue weighted by atomic mass is 32.1. The SMILES string of the molecule is Cc1cc(OC(=S)N(C)C)nc(C)n1. The molecular formula is C9H13N3OS. The minimum atomic E-state index is 0.391. The standard InChI is InChI=1S/C9H13N3OS/c1-6-5-8(11-7(2)10-6)13-9(14)12(3)4/h5H,1-4H3. The van der Waals surface area contributed by atoms with Crippen molar-refractivity contribution in [2.45, 2.75) is 13.8 Å². The third-order valence-corrected chi connectivity index (χ3v) is 1.95. The van der Waals surface area contributed by atoms with Crippen LogP contribution in [0, 0.1) is 13.8 Å². The molecule has 0 aliphatic rings. The van der Waals surface area contributed by atoms with Crippen LogP contribution in [-0.4, -0.2) is 34.1 Å². The minimum Gasteiger partial charge on any atom is -0.413 e. The Morgan fingerprint density at radius 3 is 2.50 bits per heavy atom. The fourth-order valence-corrected chi connectivity index (χ4v) is 1.00. The molecule has 5 heteroatoms. The van der Waals surface area contributed by atoms with Gasteiger partial charge in [0.05, 0.1) is 0 Å². The van der Waals surface area contributed by atoms with Crippen molar-refractivity contribution in [1.29, 1.82) is 0 Å². The molecule has 0 bridgehead atoms. The average Bonchev–Trinajstić information content (AvgIpc) is 2.01. The molecule has 0 unspecified atom stereocenters. The molecule has 0 fully saturated rings. The molecule has 0 aliphatic heterocycles. The zero-order valence-corrected chi connectivity index (χ0v) is 9.55. The number of hydrogen-bond donors (Lipinski definition) is 0. The lowest BCUT2D eigenvalue weighted by Gasteiger charge is -2.13. The predicted octanol–water partition coefficient (Wildman–Crippen LogP) is 1.32. The first-order chi connectivity index (χ1) is 6.49. The monoisotopic (exact) mass is 211 g/mol. The number of aromatic nitrogens is 2. The Morgan fingerprint density at radius 2 is 2.00 bits per heavy atom. The predicted molar refractivity (Wildman–Crippen MR) is 58.4 cm³/mol. The lowest BCUT2D eigenvalue weighted by atomic mass is 10.4. The van der Waals surface area contributed by atoms with Crippen molar-refractivity contribution in [3.8, 4) is 5.88 Å². The molecule has 0 spiro atoms. The van der Waals surface area contributed by atoms with E-state index in [9.17, 15) is 0 Å². The van der Waals surface area contributed by atoms with Crippen LogP contribution in [0.2, 0.25) is 0 Å². The largest absolute Gasteiger partial charge is 0.413 e. The van der Waals surface area contributed by atoms with E-state index in [4.69, 9.17) is 17.0 Å². The quantitative estimate of drug-likeness (QED) is 0.655. The summed E-state index contributed by atoms with van der Waals surface area (Å²) in [5, 5.41) is 0.391. The first-order valence-electron chi connectivity index (χ1n) is 4.20. The Balaban J connectivity index is 2.82. The number of thiocarbonyl (C=S) groups is 1. The summed E-state index contributed by atoms with van der Waals surface area (Å²) in [5.41, 5.74) is 0.869. The van der Waals surface area contributed by atoms with Crippen molar-refractivity contribution >= 4 is 17.4 Å². The van der Waals surface area contributed by atoms with Gasteiger partial charge in [-0.05, 0) is 26.1 Å². The second kappa shape index (κ2) is 4.32. The summed E-state index contributed by atoms with van der Waals surface area (Å²) in [7, 11) is 3.65. The maximum Gasteiger partial charge on any atom is 0.265 e. The molecule has 14 heavy (non-hydrogen) atoms. The van der Waals surface area contributed by atoms with Crippen LogP contribution in [-0.2, 0) is 0 Å².